The topological polar surface area (TPSA) is 15.3 Å². The van der Waals surface area contributed by atoms with E-state index in [1.807, 2.05) is 0 Å². The summed E-state index contributed by atoms with van der Waals surface area (Å²) in [6, 6.07) is 1.69. The third-order valence-electron chi connectivity index (χ3n) is 4.91. The summed E-state index contributed by atoms with van der Waals surface area (Å²) in [5.41, 5.74) is 0.749. The maximum absolute atomic E-state index is 3.41. The van der Waals surface area contributed by atoms with Gasteiger partial charge >= 0.3 is 0 Å². The van der Waals surface area contributed by atoms with Crippen molar-refractivity contribution in [2.75, 3.05) is 20.6 Å². The molecule has 88 valence electrons. The summed E-state index contributed by atoms with van der Waals surface area (Å²) in [6.07, 6.45) is 8.68. The molecular formula is C13H26N2. The van der Waals surface area contributed by atoms with E-state index in [1.54, 1.807) is 0 Å². The minimum absolute atomic E-state index is 0.749. The van der Waals surface area contributed by atoms with Crippen molar-refractivity contribution in [3.8, 4) is 0 Å². The zero-order valence-corrected chi connectivity index (χ0v) is 10.6. The molecule has 1 spiro atoms. The molecule has 2 fully saturated rings. The molecule has 2 nitrogen and oxygen atoms in total. The first-order valence-electron chi connectivity index (χ1n) is 6.56. The lowest BCUT2D eigenvalue weighted by Gasteiger charge is -2.52. The summed E-state index contributed by atoms with van der Waals surface area (Å²) >= 11 is 0. The van der Waals surface area contributed by atoms with E-state index in [2.05, 4.69) is 31.2 Å². The van der Waals surface area contributed by atoms with E-state index < -0.39 is 0 Å². The van der Waals surface area contributed by atoms with Gasteiger partial charge in [0, 0.05) is 12.1 Å². The van der Waals surface area contributed by atoms with E-state index in [0.29, 0.717) is 0 Å². The van der Waals surface area contributed by atoms with E-state index in [1.165, 1.54) is 45.1 Å². The molecule has 0 aliphatic heterocycles. The fourth-order valence-corrected chi connectivity index (χ4v) is 3.51. The summed E-state index contributed by atoms with van der Waals surface area (Å²) in [6.45, 7) is 3.47. The first-order chi connectivity index (χ1) is 7.19. The third-order valence-corrected chi connectivity index (χ3v) is 4.91. The van der Waals surface area contributed by atoms with Crippen LogP contribution in [0.2, 0.25) is 0 Å². The molecule has 2 rings (SSSR count). The van der Waals surface area contributed by atoms with E-state index >= 15 is 0 Å². The molecule has 2 saturated carbocycles. The number of nitrogens with one attached hydrogen (secondary N) is 1. The van der Waals surface area contributed by atoms with Gasteiger partial charge in [-0.1, -0.05) is 6.92 Å². The summed E-state index contributed by atoms with van der Waals surface area (Å²) < 4.78 is 0. The molecule has 0 aromatic heterocycles. The van der Waals surface area contributed by atoms with Crippen molar-refractivity contribution < 1.29 is 0 Å². The van der Waals surface area contributed by atoms with Crippen LogP contribution in [0.25, 0.3) is 0 Å². The van der Waals surface area contributed by atoms with Crippen LogP contribution in [0.15, 0.2) is 0 Å². The van der Waals surface area contributed by atoms with Gasteiger partial charge in [0.1, 0.15) is 0 Å². The van der Waals surface area contributed by atoms with Gasteiger partial charge in [0.15, 0.2) is 0 Å². The van der Waals surface area contributed by atoms with E-state index in [0.717, 1.165) is 17.5 Å². The molecule has 2 aliphatic carbocycles. The second-order valence-corrected chi connectivity index (χ2v) is 5.70. The lowest BCUT2D eigenvalue weighted by molar-refractivity contribution is 0.0138. The standard InChI is InChI=1S/C13H26N2/c1-4-15(3)12-5-7-13(8-6-12)9-11(10-13)14-2/h11-12,14H,4-10H2,1-3H3/t11-,12-,13?. The molecule has 0 atom stereocenters. The molecule has 0 heterocycles. The average molecular weight is 210 g/mol. The van der Waals surface area contributed by atoms with Crippen molar-refractivity contribution in [1.82, 2.24) is 10.2 Å². The highest BCUT2D eigenvalue weighted by Gasteiger charge is 2.45. The SMILES string of the molecule is CCN(C)[C@H]1CCC2(CC1)C[C@H](NC)C2. The van der Waals surface area contributed by atoms with Crippen molar-refractivity contribution in [1.29, 1.82) is 0 Å². The molecule has 2 heteroatoms. The number of hydrogen-bond acceptors (Lipinski definition) is 2. The lowest BCUT2D eigenvalue weighted by Crippen LogP contribution is -2.51. The van der Waals surface area contributed by atoms with Crippen LogP contribution >= 0.6 is 0 Å². The van der Waals surface area contributed by atoms with Gasteiger partial charge in [0.05, 0.1) is 0 Å². The lowest BCUT2D eigenvalue weighted by atomic mass is 9.57. The molecule has 0 bridgehead atoms. The number of rotatable bonds is 3. The van der Waals surface area contributed by atoms with Crippen LogP contribution in [0, 0.1) is 5.41 Å². The van der Waals surface area contributed by atoms with Gasteiger partial charge in [-0.25, -0.2) is 0 Å². The Balaban J connectivity index is 1.78. The zero-order chi connectivity index (χ0) is 10.9. The fraction of sp³-hybridized carbons (Fsp3) is 1.00. The normalized spacial score (nSPS) is 40.8. The Labute approximate surface area is 94.4 Å². The zero-order valence-electron chi connectivity index (χ0n) is 10.6. The minimum Gasteiger partial charge on any atom is -0.317 e. The Bertz CT molecular complexity index is 199. The fourth-order valence-electron chi connectivity index (χ4n) is 3.51. The van der Waals surface area contributed by atoms with Crippen LogP contribution in [0.4, 0.5) is 0 Å². The Kier molecular flexibility index (Phi) is 3.36. The first-order valence-corrected chi connectivity index (χ1v) is 6.56. The molecule has 0 radical (unpaired) electrons. The maximum atomic E-state index is 3.41. The van der Waals surface area contributed by atoms with Crippen LogP contribution in [-0.4, -0.2) is 37.6 Å². The monoisotopic (exact) mass is 210 g/mol. The second kappa shape index (κ2) is 4.42. The predicted molar refractivity (Wildman–Crippen MR) is 65.1 cm³/mol. The smallest absolute Gasteiger partial charge is 0.00925 e. The molecule has 0 unspecified atom stereocenters. The third kappa shape index (κ3) is 2.21. The summed E-state index contributed by atoms with van der Waals surface area (Å²) in [5.74, 6) is 0. The maximum Gasteiger partial charge on any atom is 0.00925 e. The first kappa shape index (κ1) is 11.4. The Morgan fingerprint density at radius 1 is 1.27 bits per heavy atom. The largest absolute Gasteiger partial charge is 0.317 e. The Morgan fingerprint density at radius 3 is 2.33 bits per heavy atom. The number of nitrogens with zero attached hydrogens (tertiary/aromatic N) is 1. The highest BCUT2D eigenvalue weighted by atomic mass is 15.1. The average Bonchev–Trinajstić information content (AvgIpc) is 2.25. The number of hydrogen-bond donors (Lipinski definition) is 1. The van der Waals surface area contributed by atoms with Crippen molar-refractivity contribution in [2.24, 2.45) is 5.41 Å². The van der Waals surface area contributed by atoms with Crippen LogP contribution in [-0.2, 0) is 0 Å². The van der Waals surface area contributed by atoms with E-state index in [9.17, 15) is 0 Å². The molecule has 2 aliphatic rings. The Morgan fingerprint density at radius 2 is 1.87 bits per heavy atom. The van der Waals surface area contributed by atoms with Crippen LogP contribution in [0.3, 0.4) is 0 Å². The summed E-state index contributed by atoms with van der Waals surface area (Å²) in [4.78, 5) is 2.53. The summed E-state index contributed by atoms with van der Waals surface area (Å²) in [7, 11) is 4.38. The highest BCUT2D eigenvalue weighted by molar-refractivity contribution is 5.00. The van der Waals surface area contributed by atoms with Crippen molar-refractivity contribution in [3.63, 3.8) is 0 Å². The Hall–Kier alpha value is -0.0800. The highest BCUT2D eigenvalue weighted by Crippen LogP contribution is 2.51. The van der Waals surface area contributed by atoms with Gasteiger partial charge in [-0.3, -0.25) is 0 Å². The van der Waals surface area contributed by atoms with Crippen LogP contribution < -0.4 is 5.32 Å². The quantitative estimate of drug-likeness (QED) is 0.768. The minimum atomic E-state index is 0.749. The van der Waals surface area contributed by atoms with Gasteiger partial charge in [0.25, 0.3) is 0 Å². The molecule has 0 aromatic carbocycles. The van der Waals surface area contributed by atoms with Gasteiger partial charge in [-0.2, -0.15) is 0 Å². The molecule has 0 saturated heterocycles. The van der Waals surface area contributed by atoms with Gasteiger partial charge in [-0.05, 0) is 64.6 Å². The van der Waals surface area contributed by atoms with Gasteiger partial charge in [-0.15, -0.1) is 0 Å². The van der Waals surface area contributed by atoms with Crippen molar-refractivity contribution in [3.05, 3.63) is 0 Å². The van der Waals surface area contributed by atoms with Crippen LogP contribution in [0.1, 0.15) is 45.4 Å². The van der Waals surface area contributed by atoms with Gasteiger partial charge < -0.3 is 10.2 Å². The van der Waals surface area contributed by atoms with Crippen molar-refractivity contribution >= 4 is 0 Å². The van der Waals surface area contributed by atoms with Gasteiger partial charge in [0.2, 0.25) is 0 Å². The predicted octanol–water partition coefficient (Wildman–Crippen LogP) is 2.25. The summed E-state index contributed by atoms with van der Waals surface area (Å²) in [5, 5.41) is 3.41. The molecule has 0 amide bonds. The second-order valence-electron chi connectivity index (χ2n) is 5.70. The molecule has 15 heavy (non-hydrogen) atoms. The van der Waals surface area contributed by atoms with E-state index in [-0.39, 0.29) is 0 Å². The molecule has 0 aromatic rings. The van der Waals surface area contributed by atoms with E-state index in [4.69, 9.17) is 0 Å². The van der Waals surface area contributed by atoms with Crippen molar-refractivity contribution in [2.45, 2.75) is 57.5 Å². The molecule has 1 N–H and O–H groups in total. The van der Waals surface area contributed by atoms with Crippen LogP contribution in [0.5, 0.6) is 0 Å². The molecular weight excluding hydrogens is 184 g/mol.